The molecule has 1 aliphatic rings. The smallest absolute Gasteiger partial charge is 0.228 e. The molecular weight excluding hydrogens is 265 g/mol. The van der Waals surface area contributed by atoms with Crippen LogP contribution in [0, 0.1) is 12.7 Å². The van der Waals surface area contributed by atoms with Crippen LogP contribution in [-0.4, -0.2) is 5.91 Å². The summed E-state index contributed by atoms with van der Waals surface area (Å²) in [5.74, 6) is -0.355. The summed E-state index contributed by atoms with van der Waals surface area (Å²) in [5, 5.41) is 2.85. The van der Waals surface area contributed by atoms with Crippen molar-refractivity contribution in [2.75, 3.05) is 5.32 Å². The lowest BCUT2D eigenvalue weighted by Crippen LogP contribution is -2.15. The Hall–Kier alpha value is -2.16. The molecule has 2 aromatic rings. The average molecular weight is 283 g/mol. The standard InChI is InChI=1S/C18H18FNO/c1-12-9-16(19)7-8-17(12)20-18(21)11-13-5-6-14-3-2-4-15(14)10-13/h5-10H,2-4,11H2,1H3,(H,20,21). The molecule has 0 aromatic heterocycles. The van der Waals surface area contributed by atoms with Crippen molar-refractivity contribution in [1.29, 1.82) is 0 Å². The van der Waals surface area contributed by atoms with Crippen molar-refractivity contribution in [2.24, 2.45) is 0 Å². The topological polar surface area (TPSA) is 29.1 Å². The second kappa shape index (κ2) is 5.68. The van der Waals surface area contributed by atoms with Gasteiger partial charge in [0.05, 0.1) is 6.42 Å². The van der Waals surface area contributed by atoms with Crippen LogP contribution in [0.15, 0.2) is 36.4 Å². The van der Waals surface area contributed by atoms with E-state index in [9.17, 15) is 9.18 Å². The SMILES string of the molecule is Cc1cc(F)ccc1NC(=O)Cc1ccc2c(c1)CCC2. The number of halogens is 1. The van der Waals surface area contributed by atoms with Gasteiger partial charge < -0.3 is 5.32 Å². The van der Waals surface area contributed by atoms with Crippen molar-refractivity contribution in [3.05, 3.63) is 64.5 Å². The van der Waals surface area contributed by atoms with Crippen molar-refractivity contribution in [3.8, 4) is 0 Å². The van der Waals surface area contributed by atoms with Gasteiger partial charge in [-0.2, -0.15) is 0 Å². The van der Waals surface area contributed by atoms with Crippen LogP contribution in [0.5, 0.6) is 0 Å². The molecule has 0 saturated heterocycles. The summed E-state index contributed by atoms with van der Waals surface area (Å²) in [6.07, 6.45) is 3.82. The first-order chi connectivity index (χ1) is 10.1. The molecule has 0 unspecified atom stereocenters. The predicted octanol–water partition coefficient (Wildman–Crippen LogP) is 3.80. The zero-order valence-corrected chi connectivity index (χ0v) is 12.1. The van der Waals surface area contributed by atoms with E-state index < -0.39 is 0 Å². The van der Waals surface area contributed by atoms with Gasteiger partial charge in [0, 0.05) is 5.69 Å². The molecule has 0 saturated carbocycles. The lowest BCUT2D eigenvalue weighted by Gasteiger charge is -2.09. The van der Waals surface area contributed by atoms with Crippen LogP contribution < -0.4 is 5.32 Å². The number of nitrogens with one attached hydrogen (secondary N) is 1. The minimum atomic E-state index is -0.288. The number of benzene rings is 2. The molecule has 0 aliphatic heterocycles. The van der Waals surface area contributed by atoms with Crippen molar-refractivity contribution < 1.29 is 9.18 Å². The Morgan fingerprint density at radius 3 is 2.76 bits per heavy atom. The van der Waals surface area contributed by atoms with Gasteiger partial charge in [0.1, 0.15) is 5.82 Å². The van der Waals surface area contributed by atoms with Crippen LogP contribution in [0.1, 0.15) is 28.7 Å². The van der Waals surface area contributed by atoms with Gasteiger partial charge in [-0.25, -0.2) is 4.39 Å². The highest BCUT2D eigenvalue weighted by atomic mass is 19.1. The number of anilines is 1. The van der Waals surface area contributed by atoms with Gasteiger partial charge in [-0.3, -0.25) is 4.79 Å². The normalized spacial score (nSPS) is 13.0. The molecule has 1 amide bonds. The van der Waals surface area contributed by atoms with Crippen LogP contribution >= 0.6 is 0 Å². The van der Waals surface area contributed by atoms with Gasteiger partial charge in [0.25, 0.3) is 0 Å². The molecule has 2 nitrogen and oxygen atoms in total. The summed E-state index contributed by atoms with van der Waals surface area (Å²) in [5.41, 5.74) is 5.22. The fourth-order valence-corrected chi connectivity index (χ4v) is 2.88. The van der Waals surface area contributed by atoms with Crippen LogP contribution in [0.2, 0.25) is 0 Å². The van der Waals surface area contributed by atoms with E-state index in [0.29, 0.717) is 12.1 Å². The maximum atomic E-state index is 13.0. The third kappa shape index (κ3) is 3.13. The van der Waals surface area contributed by atoms with Crippen LogP contribution in [0.25, 0.3) is 0 Å². The first-order valence-corrected chi connectivity index (χ1v) is 7.28. The molecule has 1 aliphatic carbocycles. The molecule has 3 heteroatoms. The lowest BCUT2D eigenvalue weighted by molar-refractivity contribution is -0.115. The minimum absolute atomic E-state index is 0.0670. The minimum Gasteiger partial charge on any atom is -0.326 e. The summed E-state index contributed by atoms with van der Waals surface area (Å²) >= 11 is 0. The zero-order valence-electron chi connectivity index (χ0n) is 12.1. The summed E-state index contributed by atoms with van der Waals surface area (Å²) in [6.45, 7) is 1.79. The van der Waals surface area contributed by atoms with E-state index in [0.717, 1.165) is 24.0 Å². The Morgan fingerprint density at radius 2 is 1.95 bits per heavy atom. The Kier molecular flexibility index (Phi) is 3.74. The largest absolute Gasteiger partial charge is 0.326 e. The van der Waals surface area contributed by atoms with E-state index in [1.54, 1.807) is 13.0 Å². The molecule has 21 heavy (non-hydrogen) atoms. The molecule has 2 aromatic carbocycles. The number of hydrogen-bond donors (Lipinski definition) is 1. The number of carbonyl (C=O) groups excluding carboxylic acids is 1. The highest BCUT2D eigenvalue weighted by Gasteiger charge is 2.12. The molecule has 0 fully saturated rings. The predicted molar refractivity (Wildman–Crippen MR) is 81.9 cm³/mol. The van der Waals surface area contributed by atoms with Crippen molar-refractivity contribution >= 4 is 11.6 Å². The van der Waals surface area contributed by atoms with Gasteiger partial charge in [0.2, 0.25) is 5.91 Å². The van der Waals surface area contributed by atoms with Crippen molar-refractivity contribution in [1.82, 2.24) is 0 Å². The Morgan fingerprint density at radius 1 is 1.14 bits per heavy atom. The third-order valence-electron chi connectivity index (χ3n) is 3.99. The summed E-state index contributed by atoms with van der Waals surface area (Å²) in [7, 11) is 0. The van der Waals surface area contributed by atoms with Gasteiger partial charge in [0.15, 0.2) is 0 Å². The summed E-state index contributed by atoms with van der Waals surface area (Å²) in [4.78, 5) is 12.1. The number of aryl methyl sites for hydroxylation is 3. The first-order valence-electron chi connectivity index (χ1n) is 7.28. The maximum Gasteiger partial charge on any atom is 0.228 e. The van der Waals surface area contributed by atoms with E-state index in [-0.39, 0.29) is 11.7 Å². The molecule has 3 rings (SSSR count). The van der Waals surface area contributed by atoms with E-state index in [1.165, 1.54) is 29.7 Å². The number of carbonyl (C=O) groups is 1. The second-order valence-corrected chi connectivity index (χ2v) is 5.64. The van der Waals surface area contributed by atoms with E-state index >= 15 is 0 Å². The van der Waals surface area contributed by atoms with Gasteiger partial charge in [-0.15, -0.1) is 0 Å². The second-order valence-electron chi connectivity index (χ2n) is 5.64. The van der Waals surface area contributed by atoms with E-state index in [2.05, 4.69) is 17.4 Å². The zero-order chi connectivity index (χ0) is 14.8. The number of fused-ring (bicyclic) bond motifs is 1. The fraction of sp³-hybridized carbons (Fsp3) is 0.278. The molecular formula is C18H18FNO. The quantitative estimate of drug-likeness (QED) is 0.912. The van der Waals surface area contributed by atoms with E-state index in [1.807, 2.05) is 6.07 Å². The van der Waals surface area contributed by atoms with Gasteiger partial charge in [-0.1, -0.05) is 18.2 Å². The number of hydrogen-bond acceptors (Lipinski definition) is 1. The van der Waals surface area contributed by atoms with Crippen LogP contribution in [0.3, 0.4) is 0 Å². The third-order valence-corrected chi connectivity index (χ3v) is 3.99. The molecule has 0 heterocycles. The summed E-state index contributed by atoms with van der Waals surface area (Å²) < 4.78 is 13.0. The molecule has 0 radical (unpaired) electrons. The van der Waals surface area contributed by atoms with Crippen molar-refractivity contribution in [2.45, 2.75) is 32.6 Å². The number of rotatable bonds is 3. The maximum absolute atomic E-state index is 13.0. The Balaban J connectivity index is 1.69. The molecule has 0 atom stereocenters. The highest BCUT2D eigenvalue weighted by Crippen LogP contribution is 2.23. The van der Waals surface area contributed by atoms with Gasteiger partial charge >= 0.3 is 0 Å². The number of amides is 1. The van der Waals surface area contributed by atoms with Crippen molar-refractivity contribution in [3.63, 3.8) is 0 Å². The van der Waals surface area contributed by atoms with Crippen LogP contribution in [-0.2, 0) is 24.1 Å². The first kappa shape index (κ1) is 13.8. The monoisotopic (exact) mass is 283 g/mol. The Bertz CT molecular complexity index is 694. The molecule has 0 spiro atoms. The lowest BCUT2D eigenvalue weighted by atomic mass is 10.0. The summed E-state index contributed by atoms with van der Waals surface area (Å²) in [6, 6.07) is 10.7. The fourth-order valence-electron chi connectivity index (χ4n) is 2.88. The Labute approximate surface area is 124 Å². The average Bonchev–Trinajstić information content (AvgIpc) is 2.89. The van der Waals surface area contributed by atoms with Crippen LogP contribution in [0.4, 0.5) is 10.1 Å². The van der Waals surface area contributed by atoms with Gasteiger partial charge in [-0.05, 0) is 66.6 Å². The van der Waals surface area contributed by atoms with E-state index in [4.69, 9.17) is 0 Å². The molecule has 108 valence electrons. The highest BCUT2D eigenvalue weighted by molar-refractivity contribution is 5.93. The molecule has 1 N–H and O–H groups in total. The molecule has 0 bridgehead atoms.